The molecule has 1 aromatic rings. The number of hydrogen-bond donors (Lipinski definition) is 0. The van der Waals surface area contributed by atoms with E-state index in [9.17, 15) is 24.8 Å². The number of carboxylic acids is 1. The van der Waals surface area contributed by atoms with Crippen molar-refractivity contribution in [3.05, 3.63) is 44.8 Å². The van der Waals surface area contributed by atoms with E-state index in [1.165, 1.54) is 28.8 Å². The molecule has 0 aliphatic carbocycles. The number of unbranched alkanes of at least 4 members (excludes halogenated alkanes) is 2. The van der Waals surface area contributed by atoms with Gasteiger partial charge in [0.25, 0.3) is 11.6 Å². The van der Waals surface area contributed by atoms with E-state index in [2.05, 4.69) is 0 Å². The van der Waals surface area contributed by atoms with E-state index in [4.69, 9.17) is 12.2 Å². The Hall–Kier alpha value is -2.26. The number of thiocarbonyl (C=S) groups is 1. The van der Waals surface area contributed by atoms with Gasteiger partial charge in [0, 0.05) is 24.6 Å². The van der Waals surface area contributed by atoms with Crippen LogP contribution in [-0.2, 0) is 9.59 Å². The number of amides is 1. The second-order valence-corrected chi connectivity index (χ2v) is 7.04. The lowest BCUT2D eigenvalue weighted by Gasteiger charge is -2.14. The molecule has 1 aromatic carbocycles. The number of nitro benzene ring substituents is 1. The van der Waals surface area contributed by atoms with Gasteiger partial charge in [0.15, 0.2) is 0 Å². The molecule has 1 saturated heterocycles. The number of hydrogen-bond acceptors (Lipinski definition) is 7. The lowest BCUT2D eigenvalue weighted by Crippen LogP contribution is -2.29. The molecule has 0 spiro atoms. The van der Waals surface area contributed by atoms with Crippen LogP contribution in [0.5, 0.6) is 0 Å². The Morgan fingerprint density at radius 3 is 2.52 bits per heavy atom. The first-order valence-corrected chi connectivity index (χ1v) is 8.80. The van der Waals surface area contributed by atoms with Gasteiger partial charge in [0.2, 0.25) is 0 Å². The van der Waals surface area contributed by atoms with Gasteiger partial charge < -0.3 is 9.90 Å². The minimum absolute atomic E-state index is 0.0123. The van der Waals surface area contributed by atoms with Crippen molar-refractivity contribution in [1.82, 2.24) is 4.90 Å². The third-order valence-corrected chi connectivity index (χ3v) is 4.92. The third kappa shape index (κ3) is 5.36. The fourth-order valence-corrected chi connectivity index (χ4v) is 3.56. The zero-order chi connectivity index (χ0) is 18.4. The average molecular weight is 379 g/mol. The van der Waals surface area contributed by atoms with Crippen LogP contribution in [0.4, 0.5) is 5.69 Å². The summed E-state index contributed by atoms with van der Waals surface area (Å²) < 4.78 is 0.457. The highest BCUT2D eigenvalue weighted by Gasteiger charge is 2.31. The number of carbonyl (C=O) groups excluding carboxylic acids is 2. The number of aliphatic carboxylic acids is 1. The van der Waals surface area contributed by atoms with Crippen molar-refractivity contribution in [2.45, 2.75) is 25.7 Å². The first-order chi connectivity index (χ1) is 11.9. The molecule has 7 nitrogen and oxygen atoms in total. The lowest BCUT2D eigenvalue weighted by molar-refractivity contribution is -0.384. The van der Waals surface area contributed by atoms with Crippen molar-refractivity contribution in [3.8, 4) is 0 Å². The monoisotopic (exact) mass is 379 g/mol. The zero-order valence-electron chi connectivity index (χ0n) is 13.2. The summed E-state index contributed by atoms with van der Waals surface area (Å²) in [5.74, 6) is -1.27. The van der Waals surface area contributed by atoms with Crippen LogP contribution in [0.3, 0.4) is 0 Å². The van der Waals surface area contributed by atoms with Crippen molar-refractivity contribution in [3.63, 3.8) is 0 Å². The molecule has 0 unspecified atom stereocenters. The second-order valence-electron chi connectivity index (χ2n) is 5.36. The summed E-state index contributed by atoms with van der Waals surface area (Å²) in [6.07, 6.45) is 3.50. The molecule has 0 saturated carbocycles. The maximum Gasteiger partial charge on any atom is 0.269 e. The number of thioether (sulfide) groups is 1. The van der Waals surface area contributed by atoms with E-state index in [1.54, 1.807) is 18.2 Å². The highest BCUT2D eigenvalue weighted by Crippen LogP contribution is 2.33. The number of nitrogens with zero attached hydrogens (tertiary/aromatic N) is 2. The molecule has 0 bridgehead atoms. The smallest absolute Gasteiger partial charge is 0.269 e. The molecule has 0 aromatic heterocycles. The van der Waals surface area contributed by atoms with Gasteiger partial charge in [0.1, 0.15) is 4.32 Å². The van der Waals surface area contributed by atoms with Crippen LogP contribution >= 0.6 is 24.0 Å². The molecule has 0 N–H and O–H groups in total. The van der Waals surface area contributed by atoms with Crippen molar-refractivity contribution in [1.29, 1.82) is 0 Å². The molecule has 1 heterocycles. The van der Waals surface area contributed by atoms with Crippen molar-refractivity contribution < 1.29 is 19.6 Å². The van der Waals surface area contributed by atoms with Crippen molar-refractivity contribution >= 4 is 51.9 Å². The van der Waals surface area contributed by atoms with Gasteiger partial charge in [-0.1, -0.05) is 30.4 Å². The van der Waals surface area contributed by atoms with Crippen LogP contribution in [0.2, 0.25) is 0 Å². The fourth-order valence-electron chi connectivity index (χ4n) is 2.25. The molecule has 1 aliphatic heterocycles. The normalized spacial score (nSPS) is 15.8. The Balaban J connectivity index is 1.95. The predicted molar refractivity (Wildman–Crippen MR) is 96.5 cm³/mol. The maximum atomic E-state index is 12.4. The fraction of sp³-hybridized carbons (Fsp3) is 0.312. The third-order valence-electron chi connectivity index (χ3n) is 3.54. The molecule has 2 rings (SSSR count). The van der Waals surface area contributed by atoms with Crippen LogP contribution in [0, 0.1) is 10.1 Å². The average Bonchev–Trinajstić information content (AvgIpc) is 2.82. The van der Waals surface area contributed by atoms with E-state index >= 15 is 0 Å². The molecule has 0 radical (unpaired) electrons. The largest absolute Gasteiger partial charge is 0.550 e. The van der Waals surface area contributed by atoms with Gasteiger partial charge in [-0.2, -0.15) is 0 Å². The minimum Gasteiger partial charge on any atom is -0.550 e. The van der Waals surface area contributed by atoms with Crippen LogP contribution in [0.1, 0.15) is 31.2 Å². The number of nitro groups is 1. The van der Waals surface area contributed by atoms with Gasteiger partial charge in [-0.3, -0.25) is 19.8 Å². The Labute approximate surface area is 153 Å². The number of carboxylic acid groups (broad SMARTS) is 1. The van der Waals surface area contributed by atoms with Gasteiger partial charge in [-0.25, -0.2) is 0 Å². The number of non-ortho nitro benzene ring substituents is 1. The van der Waals surface area contributed by atoms with Gasteiger partial charge in [-0.05, 0) is 43.0 Å². The summed E-state index contributed by atoms with van der Waals surface area (Å²) in [6, 6.07) is 5.91. The molecule has 132 valence electrons. The first-order valence-electron chi connectivity index (χ1n) is 7.58. The van der Waals surface area contributed by atoms with Crippen molar-refractivity contribution in [2.75, 3.05) is 6.54 Å². The maximum absolute atomic E-state index is 12.4. The Bertz CT molecular complexity index is 731. The van der Waals surface area contributed by atoms with Gasteiger partial charge in [0.05, 0.1) is 9.83 Å². The number of benzene rings is 1. The summed E-state index contributed by atoms with van der Waals surface area (Å²) in [7, 11) is 0. The lowest BCUT2D eigenvalue weighted by atomic mass is 10.2. The molecule has 1 aliphatic rings. The summed E-state index contributed by atoms with van der Waals surface area (Å²) in [5.41, 5.74) is 0.668. The van der Waals surface area contributed by atoms with Crippen LogP contribution in [0.15, 0.2) is 29.2 Å². The number of rotatable bonds is 8. The highest BCUT2D eigenvalue weighted by atomic mass is 32.2. The highest BCUT2D eigenvalue weighted by molar-refractivity contribution is 8.26. The summed E-state index contributed by atoms with van der Waals surface area (Å²) in [4.78, 5) is 34.9. The van der Waals surface area contributed by atoms with E-state index in [0.29, 0.717) is 40.6 Å². The van der Waals surface area contributed by atoms with Crippen LogP contribution in [0.25, 0.3) is 6.08 Å². The standard InChI is InChI=1S/C16H16N2O5S2/c19-14(20)4-2-1-3-9-17-15(21)13(25-16(17)24)10-11-5-7-12(8-6-11)18(22)23/h5-8,10H,1-4,9H2,(H,19,20)/p-1/b13-10-. The Morgan fingerprint density at radius 2 is 1.92 bits per heavy atom. The molecule has 25 heavy (non-hydrogen) atoms. The summed E-state index contributed by atoms with van der Waals surface area (Å²) in [5, 5.41) is 21.0. The molecular formula is C16H15N2O5S2-. The van der Waals surface area contributed by atoms with E-state index in [-0.39, 0.29) is 18.0 Å². The van der Waals surface area contributed by atoms with Crippen LogP contribution < -0.4 is 5.11 Å². The van der Waals surface area contributed by atoms with E-state index < -0.39 is 10.9 Å². The first kappa shape index (κ1) is 19.1. The van der Waals surface area contributed by atoms with Gasteiger partial charge in [-0.15, -0.1) is 0 Å². The quantitative estimate of drug-likeness (QED) is 0.224. The molecule has 9 heteroatoms. The summed E-state index contributed by atoms with van der Waals surface area (Å²) in [6.45, 7) is 0.440. The van der Waals surface area contributed by atoms with E-state index in [1.807, 2.05) is 0 Å². The topological polar surface area (TPSA) is 104 Å². The predicted octanol–water partition coefficient (Wildman–Crippen LogP) is 2.11. The minimum atomic E-state index is -1.07. The molecular weight excluding hydrogens is 364 g/mol. The van der Waals surface area contributed by atoms with Crippen LogP contribution in [-0.4, -0.2) is 32.6 Å². The molecule has 1 fully saturated rings. The number of carbonyl (C=O) groups is 2. The summed E-state index contributed by atoms with van der Waals surface area (Å²) >= 11 is 6.41. The molecule has 0 atom stereocenters. The second kappa shape index (κ2) is 8.72. The van der Waals surface area contributed by atoms with E-state index in [0.717, 1.165) is 0 Å². The SMILES string of the molecule is O=C([O-])CCCCCN1C(=O)/C(=C/c2ccc([N+](=O)[O-])cc2)SC1=S. The van der Waals surface area contributed by atoms with Crippen molar-refractivity contribution in [2.24, 2.45) is 0 Å². The van der Waals surface area contributed by atoms with Gasteiger partial charge >= 0.3 is 0 Å². The zero-order valence-corrected chi connectivity index (χ0v) is 14.8. The molecule has 1 amide bonds. The Kier molecular flexibility index (Phi) is 6.65. The Morgan fingerprint density at radius 1 is 1.24 bits per heavy atom.